The molecule has 104 valence electrons. The number of hydrogen-bond donors (Lipinski definition) is 0. The highest BCUT2D eigenvalue weighted by Crippen LogP contribution is 2.18. The number of para-hydroxylation sites is 1. The summed E-state index contributed by atoms with van der Waals surface area (Å²) in [5.41, 5.74) is 0.887. The van der Waals surface area contributed by atoms with Gasteiger partial charge in [0.05, 0.1) is 0 Å². The molecule has 2 aromatic carbocycles. The van der Waals surface area contributed by atoms with Gasteiger partial charge in [-0.15, -0.1) is 0 Å². The molecule has 0 bridgehead atoms. The molecular formula is C16H16BrNO2. The lowest BCUT2D eigenvalue weighted by atomic mass is 10.3. The van der Waals surface area contributed by atoms with Crippen molar-refractivity contribution in [3.8, 4) is 5.75 Å². The van der Waals surface area contributed by atoms with Crippen LogP contribution in [0.4, 0.5) is 5.69 Å². The number of anilines is 1. The zero-order chi connectivity index (χ0) is 14.4. The fraction of sp³-hybridized carbons (Fsp3) is 0.188. The van der Waals surface area contributed by atoms with Gasteiger partial charge in [-0.25, -0.2) is 0 Å². The molecule has 0 spiro atoms. The Hall–Kier alpha value is -1.81. The molecule has 1 amide bonds. The van der Waals surface area contributed by atoms with E-state index in [2.05, 4.69) is 15.9 Å². The van der Waals surface area contributed by atoms with E-state index in [4.69, 9.17) is 4.74 Å². The van der Waals surface area contributed by atoms with Gasteiger partial charge in [0.2, 0.25) is 0 Å². The van der Waals surface area contributed by atoms with Crippen LogP contribution in [-0.4, -0.2) is 19.1 Å². The van der Waals surface area contributed by atoms with E-state index in [1.165, 1.54) is 0 Å². The molecule has 3 nitrogen and oxygen atoms in total. The average molecular weight is 334 g/mol. The maximum atomic E-state index is 12.2. The first-order valence-corrected chi connectivity index (χ1v) is 7.24. The van der Waals surface area contributed by atoms with E-state index in [1.54, 1.807) is 4.90 Å². The quantitative estimate of drug-likeness (QED) is 0.830. The summed E-state index contributed by atoms with van der Waals surface area (Å²) in [5, 5.41) is 0. The summed E-state index contributed by atoms with van der Waals surface area (Å²) in [6, 6.07) is 17.1. The Balaban J connectivity index is 2.00. The minimum Gasteiger partial charge on any atom is -0.484 e. The second-order valence-electron chi connectivity index (χ2n) is 4.22. The van der Waals surface area contributed by atoms with Gasteiger partial charge in [-0.3, -0.25) is 4.79 Å². The molecule has 0 radical (unpaired) electrons. The average Bonchev–Trinajstić information content (AvgIpc) is 2.47. The Morgan fingerprint density at radius 2 is 1.90 bits per heavy atom. The fourth-order valence-electron chi connectivity index (χ4n) is 1.89. The number of amides is 1. The van der Waals surface area contributed by atoms with Crippen molar-refractivity contribution in [2.75, 3.05) is 18.1 Å². The van der Waals surface area contributed by atoms with Crippen LogP contribution in [0.25, 0.3) is 0 Å². The van der Waals surface area contributed by atoms with E-state index in [0.29, 0.717) is 12.3 Å². The standard InChI is InChI=1S/C16H16BrNO2/c1-2-18(14-8-4-3-5-9-14)16(19)12-20-15-10-6-7-13(17)11-15/h3-11H,2,12H2,1H3. The first-order valence-electron chi connectivity index (χ1n) is 6.44. The van der Waals surface area contributed by atoms with Crippen molar-refractivity contribution >= 4 is 27.5 Å². The topological polar surface area (TPSA) is 29.5 Å². The zero-order valence-electron chi connectivity index (χ0n) is 11.3. The number of hydrogen-bond acceptors (Lipinski definition) is 2. The van der Waals surface area contributed by atoms with Gasteiger partial charge in [-0.1, -0.05) is 40.2 Å². The summed E-state index contributed by atoms with van der Waals surface area (Å²) in [6.45, 7) is 2.59. The van der Waals surface area contributed by atoms with Crippen LogP contribution in [0.3, 0.4) is 0 Å². The molecule has 0 saturated carbocycles. The normalized spacial score (nSPS) is 10.1. The van der Waals surface area contributed by atoms with Crippen LogP contribution in [0.2, 0.25) is 0 Å². The molecule has 2 rings (SSSR count). The van der Waals surface area contributed by atoms with Crippen molar-refractivity contribution in [3.05, 3.63) is 59.1 Å². The van der Waals surface area contributed by atoms with Crippen molar-refractivity contribution in [2.24, 2.45) is 0 Å². The highest BCUT2D eigenvalue weighted by atomic mass is 79.9. The lowest BCUT2D eigenvalue weighted by molar-refractivity contribution is -0.120. The fourth-order valence-corrected chi connectivity index (χ4v) is 2.27. The molecular weight excluding hydrogens is 318 g/mol. The van der Waals surface area contributed by atoms with Crippen LogP contribution in [0.15, 0.2) is 59.1 Å². The predicted octanol–water partition coefficient (Wildman–Crippen LogP) is 3.88. The Bertz CT molecular complexity index is 572. The summed E-state index contributed by atoms with van der Waals surface area (Å²) in [5.74, 6) is 0.621. The van der Waals surface area contributed by atoms with Crippen LogP contribution >= 0.6 is 15.9 Å². The van der Waals surface area contributed by atoms with E-state index in [0.717, 1.165) is 10.2 Å². The molecule has 4 heteroatoms. The van der Waals surface area contributed by atoms with Crippen LogP contribution in [0, 0.1) is 0 Å². The molecule has 0 aliphatic rings. The van der Waals surface area contributed by atoms with E-state index in [-0.39, 0.29) is 12.5 Å². The Morgan fingerprint density at radius 3 is 2.55 bits per heavy atom. The molecule has 0 aliphatic heterocycles. The minimum absolute atomic E-state index is 0.0270. The van der Waals surface area contributed by atoms with Gasteiger partial charge in [0.15, 0.2) is 6.61 Å². The summed E-state index contributed by atoms with van der Waals surface area (Å²) in [4.78, 5) is 13.9. The maximum absolute atomic E-state index is 12.2. The second-order valence-corrected chi connectivity index (χ2v) is 5.14. The van der Waals surface area contributed by atoms with Crippen molar-refractivity contribution in [1.29, 1.82) is 0 Å². The number of nitrogens with zero attached hydrogens (tertiary/aromatic N) is 1. The van der Waals surface area contributed by atoms with Gasteiger partial charge in [0.25, 0.3) is 5.91 Å². The number of benzene rings is 2. The Labute approximate surface area is 127 Å². The zero-order valence-corrected chi connectivity index (χ0v) is 12.8. The minimum atomic E-state index is -0.0568. The van der Waals surface area contributed by atoms with Crippen molar-refractivity contribution in [3.63, 3.8) is 0 Å². The molecule has 0 fully saturated rings. The van der Waals surface area contributed by atoms with Gasteiger partial charge in [0.1, 0.15) is 5.75 Å². The molecule has 0 aromatic heterocycles. The number of ether oxygens (including phenoxy) is 1. The summed E-state index contributed by atoms with van der Waals surface area (Å²) in [7, 11) is 0. The van der Waals surface area contributed by atoms with E-state index < -0.39 is 0 Å². The van der Waals surface area contributed by atoms with Gasteiger partial charge in [-0.2, -0.15) is 0 Å². The summed E-state index contributed by atoms with van der Waals surface area (Å²) < 4.78 is 6.46. The van der Waals surface area contributed by atoms with Crippen molar-refractivity contribution in [1.82, 2.24) is 0 Å². The Morgan fingerprint density at radius 1 is 1.15 bits per heavy atom. The third-order valence-electron chi connectivity index (χ3n) is 2.84. The van der Waals surface area contributed by atoms with Crippen LogP contribution in [0.5, 0.6) is 5.75 Å². The molecule has 0 unspecified atom stereocenters. The lowest BCUT2D eigenvalue weighted by Gasteiger charge is -2.21. The highest BCUT2D eigenvalue weighted by molar-refractivity contribution is 9.10. The van der Waals surface area contributed by atoms with Crippen LogP contribution in [-0.2, 0) is 4.79 Å². The van der Waals surface area contributed by atoms with Gasteiger partial charge in [0, 0.05) is 16.7 Å². The van der Waals surface area contributed by atoms with E-state index in [1.807, 2.05) is 61.5 Å². The number of carbonyl (C=O) groups excluding carboxylic acids is 1. The summed E-state index contributed by atoms with van der Waals surface area (Å²) in [6.07, 6.45) is 0. The number of rotatable bonds is 5. The van der Waals surface area contributed by atoms with Crippen LogP contribution in [0.1, 0.15) is 6.92 Å². The molecule has 20 heavy (non-hydrogen) atoms. The van der Waals surface area contributed by atoms with E-state index >= 15 is 0 Å². The first-order chi connectivity index (χ1) is 9.70. The number of halogens is 1. The number of likely N-dealkylation sites (N-methyl/N-ethyl adjacent to an activating group) is 1. The molecule has 0 saturated heterocycles. The predicted molar refractivity (Wildman–Crippen MR) is 84.1 cm³/mol. The lowest BCUT2D eigenvalue weighted by Crippen LogP contribution is -2.34. The van der Waals surface area contributed by atoms with Crippen molar-refractivity contribution in [2.45, 2.75) is 6.92 Å². The molecule has 0 N–H and O–H groups in total. The van der Waals surface area contributed by atoms with Crippen molar-refractivity contribution < 1.29 is 9.53 Å². The number of carbonyl (C=O) groups is 1. The molecule has 0 atom stereocenters. The smallest absolute Gasteiger partial charge is 0.264 e. The highest BCUT2D eigenvalue weighted by Gasteiger charge is 2.14. The molecule has 2 aromatic rings. The third kappa shape index (κ3) is 3.84. The monoisotopic (exact) mass is 333 g/mol. The summed E-state index contributed by atoms with van der Waals surface area (Å²) >= 11 is 3.37. The molecule has 0 aliphatic carbocycles. The van der Waals surface area contributed by atoms with Gasteiger partial charge < -0.3 is 9.64 Å². The second kappa shape index (κ2) is 7.10. The first kappa shape index (κ1) is 14.6. The third-order valence-corrected chi connectivity index (χ3v) is 3.34. The largest absolute Gasteiger partial charge is 0.484 e. The maximum Gasteiger partial charge on any atom is 0.264 e. The van der Waals surface area contributed by atoms with Crippen LogP contribution < -0.4 is 9.64 Å². The van der Waals surface area contributed by atoms with Gasteiger partial charge in [-0.05, 0) is 37.3 Å². The SMILES string of the molecule is CCN(C(=O)COc1cccc(Br)c1)c1ccccc1. The van der Waals surface area contributed by atoms with E-state index in [9.17, 15) is 4.79 Å². The molecule has 0 heterocycles. The Kier molecular flexibility index (Phi) is 5.18. The van der Waals surface area contributed by atoms with Gasteiger partial charge >= 0.3 is 0 Å².